The van der Waals surface area contributed by atoms with Gasteiger partial charge in [-0.1, -0.05) is 39.5 Å². The van der Waals surface area contributed by atoms with E-state index in [1.54, 1.807) is 0 Å². The van der Waals surface area contributed by atoms with Crippen LogP contribution in [0.4, 0.5) is 4.39 Å². The number of hydrogen-bond donors (Lipinski definition) is 0. The van der Waals surface area contributed by atoms with Gasteiger partial charge in [0.1, 0.15) is 6.17 Å². The first kappa shape index (κ1) is 21.4. The second-order valence-corrected chi connectivity index (χ2v) is 12.7. The summed E-state index contributed by atoms with van der Waals surface area (Å²) in [7, 11) is 0. The van der Waals surface area contributed by atoms with E-state index in [9.17, 15) is 4.79 Å². The molecule has 30 heavy (non-hydrogen) atoms. The van der Waals surface area contributed by atoms with Crippen molar-refractivity contribution in [1.82, 2.24) is 0 Å². The monoisotopic (exact) mass is 416 g/mol. The predicted molar refractivity (Wildman–Crippen MR) is 121 cm³/mol. The second-order valence-electron chi connectivity index (χ2n) is 12.7. The molecule has 5 aliphatic rings. The Balaban J connectivity index is 1.16. The number of halogens is 1. The quantitative estimate of drug-likeness (QED) is 0.447. The molecule has 2 heteroatoms. The summed E-state index contributed by atoms with van der Waals surface area (Å²) in [5.41, 5.74) is -1.13. The first-order valence-electron chi connectivity index (χ1n) is 13.6. The third-order valence-electron chi connectivity index (χ3n) is 11.2. The van der Waals surface area contributed by atoms with Gasteiger partial charge in [-0.3, -0.25) is 4.79 Å². The van der Waals surface area contributed by atoms with Crippen molar-refractivity contribution in [3.8, 4) is 0 Å². The van der Waals surface area contributed by atoms with Gasteiger partial charge in [0.25, 0.3) is 0 Å². The lowest BCUT2D eigenvalue weighted by Crippen LogP contribution is -2.69. The normalized spacial score (nSPS) is 52.4. The van der Waals surface area contributed by atoms with Crippen LogP contribution < -0.4 is 0 Å². The number of ketones is 1. The molecule has 0 N–H and O–H groups in total. The molecule has 0 bridgehead atoms. The van der Waals surface area contributed by atoms with Gasteiger partial charge in [0.05, 0.1) is 10.8 Å². The Hall–Kier alpha value is -0.400. The minimum atomic E-state index is -0.836. The molecule has 170 valence electrons. The van der Waals surface area contributed by atoms with Crippen LogP contribution in [0.2, 0.25) is 0 Å². The van der Waals surface area contributed by atoms with Gasteiger partial charge in [0, 0.05) is 0 Å². The van der Waals surface area contributed by atoms with Crippen molar-refractivity contribution in [3.05, 3.63) is 0 Å². The largest absolute Gasteiger partial charge is 0.298 e. The highest BCUT2D eigenvalue weighted by Crippen LogP contribution is 2.66. The van der Waals surface area contributed by atoms with Crippen molar-refractivity contribution in [1.29, 1.82) is 0 Å². The zero-order valence-corrected chi connectivity index (χ0v) is 19.6. The molecule has 0 saturated heterocycles. The highest BCUT2D eigenvalue weighted by Gasteiger charge is 2.71. The van der Waals surface area contributed by atoms with Crippen LogP contribution in [0.15, 0.2) is 0 Å². The topological polar surface area (TPSA) is 17.1 Å². The van der Waals surface area contributed by atoms with Crippen LogP contribution in [0.25, 0.3) is 0 Å². The van der Waals surface area contributed by atoms with E-state index in [4.69, 9.17) is 0 Å². The van der Waals surface area contributed by atoms with Gasteiger partial charge in [-0.2, -0.15) is 0 Å². The lowest BCUT2D eigenvalue weighted by Gasteiger charge is -2.62. The summed E-state index contributed by atoms with van der Waals surface area (Å²) in [5.74, 6) is 5.41. The molecule has 0 radical (unpaired) electrons. The van der Waals surface area contributed by atoms with Crippen molar-refractivity contribution in [2.24, 2.45) is 46.3 Å². The zero-order chi connectivity index (χ0) is 20.9. The van der Waals surface area contributed by atoms with Crippen LogP contribution in [0.3, 0.4) is 0 Å². The van der Waals surface area contributed by atoms with E-state index in [0.717, 1.165) is 86.9 Å². The van der Waals surface area contributed by atoms with E-state index in [1.807, 2.05) is 0 Å². The highest BCUT2D eigenvalue weighted by atomic mass is 19.1. The fourth-order valence-corrected chi connectivity index (χ4v) is 8.91. The molecule has 0 amide bonds. The number of carbonyl (C=O) groups excluding carboxylic acids is 1. The lowest BCUT2D eigenvalue weighted by molar-refractivity contribution is -0.194. The number of Topliss-reactive ketones (excluding diaryl/α,β-unsaturated/α-hetero) is 1. The number of hydrogen-bond acceptors (Lipinski definition) is 1. The van der Waals surface area contributed by atoms with Gasteiger partial charge < -0.3 is 0 Å². The molecule has 0 unspecified atom stereocenters. The fraction of sp³-hybridized carbons (Fsp3) is 0.964. The Kier molecular flexibility index (Phi) is 5.85. The SMILES string of the molecule is CC1CCC(C2CCC3(CC2)C(=O)C2(CCC(C4CCC(C)CC4)CC2)C3F)CC1. The summed E-state index contributed by atoms with van der Waals surface area (Å²) in [6, 6.07) is 0. The van der Waals surface area contributed by atoms with Crippen molar-refractivity contribution in [2.75, 3.05) is 0 Å². The molecule has 2 spiro atoms. The Labute approximate surface area is 184 Å². The van der Waals surface area contributed by atoms with Crippen LogP contribution >= 0.6 is 0 Å². The van der Waals surface area contributed by atoms with Gasteiger partial charge in [-0.25, -0.2) is 4.39 Å². The smallest absolute Gasteiger partial charge is 0.151 e. The van der Waals surface area contributed by atoms with Crippen LogP contribution in [-0.2, 0) is 4.79 Å². The molecule has 1 nitrogen and oxygen atoms in total. The molecular formula is C28H45FO. The first-order chi connectivity index (χ1) is 14.4. The van der Waals surface area contributed by atoms with E-state index >= 15 is 4.39 Å². The van der Waals surface area contributed by atoms with E-state index in [0.29, 0.717) is 5.78 Å². The van der Waals surface area contributed by atoms with Crippen LogP contribution in [0.5, 0.6) is 0 Å². The Morgan fingerprint density at radius 3 is 1.17 bits per heavy atom. The maximum Gasteiger partial charge on any atom is 0.151 e. The predicted octanol–water partition coefficient (Wildman–Crippen LogP) is 7.91. The van der Waals surface area contributed by atoms with E-state index < -0.39 is 17.0 Å². The number of alkyl halides is 1. The average molecular weight is 417 g/mol. The van der Waals surface area contributed by atoms with Crippen molar-refractivity contribution >= 4 is 5.78 Å². The molecule has 0 heterocycles. The number of rotatable bonds is 2. The van der Waals surface area contributed by atoms with Crippen molar-refractivity contribution in [3.63, 3.8) is 0 Å². The molecule has 0 atom stereocenters. The van der Waals surface area contributed by atoms with Crippen molar-refractivity contribution in [2.45, 2.75) is 123 Å². The van der Waals surface area contributed by atoms with E-state index in [2.05, 4.69) is 13.8 Å². The summed E-state index contributed by atoms with van der Waals surface area (Å²) in [5, 5.41) is 0. The zero-order valence-electron chi connectivity index (χ0n) is 19.6. The molecule has 5 rings (SSSR count). The van der Waals surface area contributed by atoms with Gasteiger partial charge >= 0.3 is 0 Å². The fourth-order valence-electron chi connectivity index (χ4n) is 8.91. The summed E-state index contributed by atoms with van der Waals surface area (Å²) in [4.78, 5) is 13.5. The lowest BCUT2D eigenvalue weighted by atomic mass is 9.41. The standard InChI is InChI=1S/C28H45FO/c1-19-3-7-21(8-4-19)23-11-15-27(16-12-23)25(29)28(26(27)30)17-13-24(14-18-28)22-9-5-20(2)6-10-22/h19-25H,3-18H2,1-2H3. The Bertz CT molecular complexity index is 557. The molecule has 5 aliphatic carbocycles. The summed E-state index contributed by atoms with van der Waals surface area (Å²) in [6.07, 6.45) is 18.0. The van der Waals surface area contributed by atoms with Crippen LogP contribution in [-0.4, -0.2) is 12.0 Å². The Morgan fingerprint density at radius 2 is 0.867 bits per heavy atom. The molecule has 0 aromatic heterocycles. The third-order valence-corrected chi connectivity index (χ3v) is 11.2. The molecular weight excluding hydrogens is 371 g/mol. The van der Waals surface area contributed by atoms with E-state index in [1.165, 1.54) is 51.4 Å². The molecule has 0 aromatic rings. The molecule has 5 saturated carbocycles. The maximum absolute atomic E-state index is 15.9. The first-order valence-corrected chi connectivity index (χ1v) is 13.6. The van der Waals surface area contributed by atoms with Gasteiger partial charge in [-0.05, 0) is 113 Å². The Morgan fingerprint density at radius 1 is 0.567 bits per heavy atom. The summed E-state index contributed by atoms with van der Waals surface area (Å²) in [6.45, 7) is 4.77. The molecule has 0 aromatic carbocycles. The van der Waals surface area contributed by atoms with E-state index in [-0.39, 0.29) is 0 Å². The minimum Gasteiger partial charge on any atom is -0.298 e. The van der Waals surface area contributed by atoms with Gasteiger partial charge in [0.15, 0.2) is 5.78 Å². The van der Waals surface area contributed by atoms with Gasteiger partial charge in [0.2, 0.25) is 0 Å². The molecule has 0 aliphatic heterocycles. The van der Waals surface area contributed by atoms with Crippen molar-refractivity contribution < 1.29 is 9.18 Å². The third kappa shape index (κ3) is 3.42. The highest BCUT2D eigenvalue weighted by molar-refractivity contribution is 5.98. The second kappa shape index (κ2) is 8.18. The molecule has 5 fully saturated rings. The maximum atomic E-state index is 15.9. The number of carbonyl (C=O) groups is 1. The van der Waals surface area contributed by atoms with Crippen LogP contribution in [0.1, 0.15) is 117 Å². The summed E-state index contributed by atoms with van der Waals surface area (Å²) < 4.78 is 15.9. The minimum absolute atomic E-state index is 0.369. The van der Waals surface area contributed by atoms with Crippen LogP contribution in [0, 0.1) is 46.3 Å². The average Bonchev–Trinajstić information content (AvgIpc) is 2.79. The van der Waals surface area contributed by atoms with Gasteiger partial charge in [-0.15, -0.1) is 0 Å². The summed E-state index contributed by atoms with van der Waals surface area (Å²) >= 11 is 0.